The van der Waals surface area contributed by atoms with Gasteiger partial charge >= 0.3 is 0 Å². The summed E-state index contributed by atoms with van der Waals surface area (Å²) in [6.07, 6.45) is 3.64. The highest BCUT2D eigenvalue weighted by atomic mass is 16.5. The zero-order chi connectivity index (χ0) is 13.2. The first-order valence-corrected chi connectivity index (χ1v) is 6.94. The molecule has 2 rings (SSSR count). The van der Waals surface area contributed by atoms with Gasteiger partial charge in [-0.2, -0.15) is 0 Å². The van der Waals surface area contributed by atoms with Gasteiger partial charge in [-0.1, -0.05) is 45.0 Å². The summed E-state index contributed by atoms with van der Waals surface area (Å²) in [5.41, 5.74) is 9.04. The van der Waals surface area contributed by atoms with Crippen LogP contribution in [0.4, 0.5) is 0 Å². The van der Waals surface area contributed by atoms with Gasteiger partial charge in [0.25, 0.3) is 0 Å². The molecule has 2 nitrogen and oxygen atoms in total. The van der Waals surface area contributed by atoms with E-state index in [1.807, 2.05) is 0 Å². The Labute approximate surface area is 111 Å². The molecule has 1 aromatic rings. The highest BCUT2D eigenvalue weighted by Crippen LogP contribution is 2.26. The second-order valence-electron chi connectivity index (χ2n) is 6.35. The quantitative estimate of drug-likeness (QED) is 0.886. The van der Waals surface area contributed by atoms with E-state index in [1.54, 1.807) is 0 Å². The summed E-state index contributed by atoms with van der Waals surface area (Å²) < 4.78 is 5.64. The molecule has 2 atom stereocenters. The molecule has 0 amide bonds. The van der Waals surface area contributed by atoms with Crippen LogP contribution in [0.3, 0.4) is 0 Å². The monoisotopic (exact) mass is 247 g/mol. The molecule has 1 heterocycles. The van der Waals surface area contributed by atoms with Crippen LogP contribution in [0.2, 0.25) is 0 Å². The van der Waals surface area contributed by atoms with Gasteiger partial charge in [0.15, 0.2) is 0 Å². The van der Waals surface area contributed by atoms with Crippen molar-refractivity contribution in [2.24, 2.45) is 5.73 Å². The third-order valence-electron chi connectivity index (χ3n) is 3.75. The van der Waals surface area contributed by atoms with Gasteiger partial charge in [0.2, 0.25) is 0 Å². The Hall–Kier alpha value is -0.860. The van der Waals surface area contributed by atoms with E-state index in [9.17, 15) is 0 Å². The summed E-state index contributed by atoms with van der Waals surface area (Å²) in [7, 11) is 0. The van der Waals surface area contributed by atoms with E-state index in [0.29, 0.717) is 6.10 Å². The molecule has 0 saturated carbocycles. The molecule has 0 radical (unpaired) electrons. The molecule has 1 fully saturated rings. The summed E-state index contributed by atoms with van der Waals surface area (Å²) in [4.78, 5) is 0. The lowest BCUT2D eigenvalue weighted by molar-refractivity contribution is 0.0983. The third kappa shape index (κ3) is 3.33. The van der Waals surface area contributed by atoms with Gasteiger partial charge in [-0.15, -0.1) is 0 Å². The summed E-state index contributed by atoms with van der Waals surface area (Å²) in [6.45, 7) is 7.59. The number of rotatable bonds is 3. The Morgan fingerprint density at radius 2 is 1.94 bits per heavy atom. The van der Waals surface area contributed by atoms with Crippen molar-refractivity contribution in [1.82, 2.24) is 0 Å². The molecule has 100 valence electrons. The first-order chi connectivity index (χ1) is 8.47. The van der Waals surface area contributed by atoms with Crippen LogP contribution in [-0.4, -0.2) is 12.7 Å². The van der Waals surface area contributed by atoms with Crippen LogP contribution in [0.25, 0.3) is 0 Å². The maximum Gasteiger partial charge on any atom is 0.0594 e. The molecule has 1 saturated heterocycles. The maximum atomic E-state index is 6.25. The zero-order valence-corrected chi connectivity index (χ0v) is 11.8. The SMILES string of the molecule is CC(C)(C)c1ccc(C(N)CC2CCCO2)cc1. The van der Waals surface area contributed by atoms with Crippen LogP contribution < -0.4 is 5.73 Å². The van der Waals surface area contributed by atoms with Crippen LogP contribution in [0, 0.1) is 0 Å². The van der Waals surface area contributed by atoms with Crippen molar-refractivity contribution in [3.05, 3.63) is 35.4 Å². The Bertz CT molecular complexity index is 371. The highest BCUT2D eigenvalue weighted by Gasteiger charge is 2.20. The topological polar surface area (TPSA) is 35.2 Å². The summed E-state index contributed by atoms with van der Waals surface area (Å²) >= 11 is 0. The molecular weight excluding hydrogens is 222 g/mol. The number of nitrogens with two attached hydrogens (primary N) is 1. The highest BCUT2D eigenvalue weighted by molar-refractivity contribution is 5.29. The number of hydrogen-bond acceptors (Lipinski definition) is 2. The zero-order valence-electron chi connectivity index (χ0n) is 11.8. The molecule has 2 unspecified atom stereocenters. The van der Waals surface area contributed by atoms with Gasteiger partial charge < -0.3 is 10.5 Å². The van der Waals surface area contributed by atoms with Gasteiger partial charge in [-0.3, -0.25) is 0 Å². The van der Waals surface area contributed by atoms with Crippen molar-refractivity contribution in [3.63, 3.8) is 0 Å². The largest absolute Gasteiger partial charge is 0.378 e. The van der Waals surface area contributed by atoms with E-state index in [-0.39, 0.29) is 11.5 Å². The minimum Gasteiger partial charge on any atom is -0.378 e. The number of ether oxygens (including phenoxy) is 1. The van der Waals surface area contributed by atoms with Crippen LogP contribution in [0.15, 0.2) is 24.3 Å². The summed E-state index contributed by atoms with van der Waals surface area (Å²) in [6, 6.07) is 8.83. The standard InChI is InChI=1S/C16H25NO/c1-16(2,3)13-8-6-12(7-9-13)15(17)11-14-5-4-10-18-14/h6-9,14-15H,4-5,10-11,17H2,1-3H3. The van der Waals surface area contributed by atoms with Gasteiger partial charge in [-0.05, 0) is 35.8 Å². The van der Waals surface area contributed by atoms with E-state index < -0.39 is 0 Å². The van der Waals surface area contributed by atoms with Gasteiger partial charge in [0.1, 0.15) is 0 Å². The summed E-state index contributed by atoms with van der Waals surface area (Å²) in [5.74, 6) is 0. The fourth-order valence-corrected chi connectivity index (χ4v) is 2.48. The Kier molecular flexibility index (Phi) is 4.08. The lowest BCUT2D eigenvalue weighted by Gasteiger charge is -2.21. The lowest BCUT2D eigenvalue weighted by atomic mass is 9.86. The van der Waals surface area contributed by atoms with Crippen molar-refractivity contribution in [3.8, 4) is 0 Å². The molecule has 2 N–H and O–H groups in total. The van der Waals surface area contributed by atoms with Crippen LogP contribution in [0.5, 0.6) is 0 Å². The first-order valence-electron chi connectivity index (χ1n) is 6.94. The van der Waals surface area contributed by atoms with E-state index in [1.165, 1.54) is 17.5 Å². The third-order valence-corrected chi connectivity index (χ3v) is 3.75. The van der Waals surface area contributed by atoms with E-state index >= 15 is 0 Å². The van der Waals surface area contributed by atoms with Gasteiger partial charge in [-0.25, -0.2) is 0 Å². The fourth-order valence-electron chi connectivity index (χ4n) is 2.48. The average Bonchev–Trinajstić information content (AvgIpc) is 2.81. The minimum absolute atomic E-state index is 0.0992. The molecule has 0 aliphatic carbocycles. The molecule has 1 aliphatic heterocycles. The predicted molar refractivity (Wildman–Crippen MR) is 75.7 cm³/mol. The lowest BCUT2D eigenvalue weighted by Crippen LogP contribution is -2.18. The Morgan fingerprint density at radius 3 is 2.44 bits per heavy atom. The van der Waals surface area contributed by atoms with E-state index in [0.717, 1.165) is 19.4 Å². The average molecular weight is 247 g/mol. The molecule has 0 aromatic heterocycles. The minimum atomic E-state index is 0.0992. The van der Waals surface area contributed by atoms with Gasteiger partial charge in [0.05, 0.1) is 6.10 Å². The van der Waals surface area contributed by atoms with Crippen molar-refractivity contribution >= 4 is 0 Å². The van der Waals surface area contributed by atoms with Crippen molar-refractivity contribution in [1.29, 1.82) is 0 Å². The fraction of sp³-hybridized carbons (Fsp3) is 0.625. The second-order valence-corrected chi connectivity index (χ2v) is 6.35. The first kappa shape index (κ1) is 13.6. The van der Waals surface area contributed by atoms with E-state index in [2.05, 4.69) is 45.0 Å². The summed E-state index contributed by atoms with van der Waals surface area (Å²) in [5, 5.41) is 0. The normalized spacial score (nSPS) is 22.1. The Balaban J connectivity index is 2.00. The van der Waals surface area contributed by atoms with Crippen LogP contribution in [0.1, 0.15) is 57.2 Å². The number of hydrogen-bond donors (Lipinski definition) is 1. The molecule has 18 heavy (non-hydrogen) atoms. The molecule has 0 spiro atoms. The smallest absolute Gasteiger partial charge is 0.0594 e. The molecular formula is C16H25NO. The van der Waals surface area contributed by atoms with Crippen molar-refractivity contribution in [2.75, 3.05) is 6.61 Å². The Morgan fingerprint density at radius 1 is 1.28 bits per heavy atom. The molecule has 2 heteroatoms. The van der Waals surface area contributed by atoms with Crippen LogP contribution in [-0.2, 0) is 10.2 Å². The molecule has 1 aromatic carbocycles. The van der Waals surface area contributed by atoms with Gasteiger partial charge in [0, 0.05) is 12.6 Å². The predicted octanol–water partition coefficient (Wildman–Crippen LogP) is 3.55. The molecule has 1 aliphatic rings. The maximum absolute atomic E-state index is 6.25. The van der Waals surface area contributed by atoms with Crippen molar-refractivity contribution in [2.45, 2.75) is 57.6 Å². The van der Waals surface area contributed by atoms with Crippen molar-refractivity contribution < 1.29 is 4.74 Å². The van der Waals surface area contributed by atoms with Crippen LogP contribution >= 0.6 is 0 Å². The van der Waals surface area contributed by atoms with E-state index in [4.69, 9.17) is 10.5 Å². The second kappa shape index (κ2) is 5.41. The number of benzene rings is 1. The molecule has 0 bridgehead atoms.